The van der Waals surface area contributed by atoms with Gasteiger partial charge in [0.15, 0.2) is 0 Å². The minimum Gasteiger partial charge on any atom is -0.507 e. The number of anilines is 6. The molecule has 0 saturated heterocycles. The second-order valence-electron chi connectivity index (χ2n) is 19.6. The van der Waals surface area contributed by atoms with E-state index in [0.717, 1.165) is 112 Å². The van der Waals surface area contributed by atoms with E-state index in [1.165, 1.54) is 22.3 Å². The lowest BCUT2D eigenvalue weighted by Crippen LogP contribution is -2.22. The van der Waals surface area contributed by atoms with Crippen LogP contribution in [0.15, 0.2) is 229 Å². The number of benzene rings is 10. The van der Waals surface area contributed by atoms with Gasteiger partial charge in [-0.2, -0.15) is 0 Å². The molecule has 0 radical (unpaired) electrons. The lowest BCUT2D eigenvalue weighted by molar-refractivity contribution is 0.279. The number of aromatic hydroxyl groups is 1. The highest BCUT2D eigenvalue weighted by Crippen LogP contribution is 2.54. The number of aryl methyl sites for hydroxylation is 4. The molecule has 73 heavy (non-hydrogen) atoms. The van der Waals surface area contributed by atoms with Crippen molar-refractivity contribution in [2.24, 2.45) is 0 Å². The van der Waals surface area contributed by atoms with Gasteiger partial charge in [0.1, 0.15) is 28.8 Å². The van der Waals surface area contributed by atoms with Gasteiger partial charge in [0.05, 0.1) is 17.1 Å². The SMILES string of the molecule is Cc1cccc(N(c2ccc3c(c2)oc2cc(N(c4cccc(C)c4)c4cccc(-c5cccc(-c6ccccc6C)c5O)c4)c4ccccc4c23)c2cccc3c2OC2C(c4ccccc4C)=CC=CC32)c1. The minimum atomic E-state index is -0.147. The molecule has 352 valence electrons. The molecule has 1 aliphatic carbocycles. The van der Waals surface area contributed by atoms with Gasteiger partial charge >= 0.3 is 0 Å². The highest BCUT2D eigenvalue weighted by molar-refractivity contribution is 6.23. The lowest BCUT2D eigenvalue weighted by Gasteiger charge is -2.28. The van der Waals surface area contributed by atoms with E-state index in [0.29, 0.717) is 0 Å². The number of fused-ring (bicyclic) bond motifs is 8. The van der Waals surface area contributed by atoms with E-state index in [1.807, 2.05) is 30.3 Å². The summed E-state index contributed by atoms with van der Waals surface area (Å²) < 4.78 is 14.3. The molecule has 1 aromatic heterocycles. The largest absolute Gasteiger partial charge is 0.507 e. The third kappa shape index (κ3) is 7.47. The molecule has 2 unspecified atom stereocenters. The standard InChI is InChI=1S/C68H52N2O3/c1-42-17-11-22-47(37-42)69(61-34-16-33-59-58-32-15-31-57(67(58)73-68(59)61)52-26-8-6-20-45(52)4)50-35-36-60-63(40-50)72-64-41-62(54-27-9-10-28-55(54)65(60)64)70(48-23-12-18-43(2)38-48)49-24-13-21-46(39-49)53-29-14-30-56(66(53)71)51-25-7-5-19-44(51)3/h5-41,58,67,71H,1-4H3. The van der Waals surface area contributed by atoms with Crippen LogP contribution in [-0.2, 0) is 0 Å². The van der Waals surface area contributed by atoms with Crippen LogP contribution in [0.5, 0.6) is 11.5 Å². The van der Waals surface area contributed by atoms with Crippen LogP contribution in [0, 0.1) is 27.7 Å². The number of furan rings is 1. The zero-order valence-electron chi connectivity index (χ0n) is 41.2. The molecule has 0 amide bonds. The zero-order chi connectivity index (χ0) is 49.3. The maximum Gasteiger partial charge on any atom is 0.148 e. The van der Waals surface area contributed by atoms with E-state index in [4.69, 9.17) is 9.15 Å². The van der Waals surface area contributed by atoms with Crippen molar-refractivity contribution in [3.8, 4) is 33.8 Å². The third-order valence-electron chi connectivity index (χ3n) is 14.9. The average molecular weight is 945 g/mol. The number of phenolic OH excluding ortho intramolecular Hbond substituents is 1. The number of phenols is 1. The number of nitrogens with zero attached hydrogens (tertiary/aromatic N) is 2. The second kappa shape index (κ2) is 17.7. The van der Waals surface area contributed by atoms with Crippen LogP contribution >= 0.6 is 0 Å². The molecule has 5 nitrogen and oxygen atoms in total. The number of hydrogen-bond donors (Lipinski definition) is 1. The molecule has 1 aliphatic heterocycles. The first kappa shape index (κ1) is 43.9. The van der Waals surface area contributed by atoms with Crippen LogP contribution in [0.25, 0.3) is 60.5 Å². The Hall–Kier alpha value is -9.06. The van der Waals surface area contributed by atoms with Crippen LogP contribution in [0.1, 0.15) is 39.3 Å². The first-order valence-corrected chi connectivity index (χ1v) is 25.1. The Morgan fingerprint density at radius 3 is 1.79 bits per heavy atom. The van der Waals surface area contributed by atoms with Crippen LogP contribution in [0.3, 0.4) is 0 Å². The summed E-state index contributed by atoms with van der Waals surface area (Å²) in [5, 5.41) is 16.2. The maximum atomic E-state index is 11.9. The minimum absolute atomic E-state index is 0.0819. The highest BCUT2D eigenvalue weighted by atomic mass is 16.5. The Morgan fingerprint density at radius 2 is 1.05 bits per heavy atom. The Balaban J connectivity index is 0.955. The van der Waals surface area contributed by atoms with E-state index >= 15 is 0 Å². The fraction of sp³-hybridized carbons (Fsp3) is 0.0882. The van der Waals surface area contributed by atoms with E-state index in [1.54, 1.807) is 0 Å². The van der Waals surface area contributed by atoms with Gasteiger partial charge in [-0.3, -0.25) is 0 Å². The van der Waals surface area contributed by atoms with Crippen molar-refractivity contribution in [2.75, 3.05) is 9.80 Å². The second-order valence-corrected chi connectivity index (χ2v) is 19.6. The molecule has 5 heteroatoms. The van der Waals surface area contributed by atoms with Crippen molar-refractivity contribution < 1.29 is 14.3 Å². The van der Waals surface area contributed by atoms with E-state index < -0.39 is 0 Å². The fourth-order valence-corrected chi connectivity index (χ4v) is 11.5. The Bertz CT molecular complexity index is 4060. The van der Waals surface area contributed by atoms with Gasteiger partial charge in [-0.05, 0) is 127 Å². The first-order valence-electron chi connectivity index (χ1n) is 25.1. The molecule has 11 aromatic rings. The Kier molecular flexibility index (Phi) is 10.6. The molecule has 0 saturated carbocycles. The predicted octanol–water partition coefficient (Wildman–Crippen LogP) is 18.5. The van der Waals surface area contributed by atoms with Crippen molar-refractivity contribution in [3.63, 3.8) is 0 Å². The molecular formula is C68H52N2O3. The summed E-state index contributed by atoms with van der Waals surface area (Å²) in [6.45, 7) is 8.53. The highest BCUT2D eigenvalue weighted by Gasteiger charge is 2.40. The van der Waals surface area contributed by atoms with Gasteiger partial charge < -0.3 is 24.1 Å². The van der Waals surface area contributed by atoms with E-state index in [-0.39, 0.29) is 17.8 Å². The van der Waals surface area contributed by atoms with Crippen molar-refractivity contribution in [3.05, 3.63) is 258 Å². The van der Waals surface area contributed by atoms with Crippen molar-refractivity contribution in [2.45, 2.75) is 39.7 Å². The molecule has 2 atom stereocenters. The normalized spacial score (nSPS) is 14.8. The molecule has 0 bridgehead atoms. The van der Waals surface area contributed by atoms with Gasteiger partial charge in [-0.25, -0.2) is 0 Å². The number of hydrogen-bond acceptors (Lipinski definition) is 5. The fourth-order valence-electron chi connectivity index (χ4n) is 11.5. The van der Waals surface area contributed by atoms with Gasteiger partial charge in [-0.15, -0.1) is 0 Å². The van der Waals surface area contributed by atoms with Gasteiger partial charge in [0.25, 0.3) is 0 Å². The lowest BCUT2D eigenvalue weighted by atomic mass is 9.83. The number of allylic oxidation sites excluding steroid dienone is 2. The summed E-state index contributed by atoms with van der Waals surface area (Å²) in [5.41, 5.74) is 19.2. The Morgan fingerprint density at radius 1 is 0.452 bits per heavy atom. The molecule has 2 heterocycles. The molecule has 0 spiro atoms. The van der Waals surface area contributed by atoms with Crippen LogP contribution in [0.4, 0.5) is 34.1 Å². The summed E-state index contributed by atoms with van der Waals surface area (Å²) in [7, 11) is 0. The summed E-state index contributed by atoms with van der Waals surface area (Å²) in [4.78, 5) is 4.64. The van der Waals surface area contributed by atoms with Crippen molar-refractivity contribution >= 4 is 72.4 Å². The summed E-state index contributed by atoms with van der Waals surface area (Å²) in [5.74, 6) is 1.23. The number of rotatable bonds is 9. The van der Waals surface area contributed by atoms with E-state index in [2.05, 4.69) is 232 Å². The summed E-state index contributed by atoms with van der Waals surface area (Å²) in [6.07, 6.45) is 6.54. The van der Waals surface area contributed by atoms with Crippen LogP contribution < -0.4 is 14.5 Å². The zero-order valence-corrected chi connectivity index (χ0v) is 41.2. The topological polar surface area (TPSA) is 49.1 Å². The third-order valence-corrected chi connectivity index (χ3v) is 14.9. The van der Waals surface area contributed by atoms with Gasteiger partial charge in [0.2, 0.25) is 0 Å². The molecule has 10 aromatic carbocycles. The first-order chi connectivity index (χ1) is 35.8. The average Bonchev–Trinajstić information content (AvgIpc) is 3.99. The van der Waals surface area contributed by atoms with Crippen molar-refractivity contribution in [1.29, 1.82) is 0 Å². The van der Waals surface area contributed by atoms with Gasteiger partial charge in [-0.1, -0.05) is 158 Å². The summed E-state index contributed by atoms with van der Waals surface area (Å²) in [6, 6.07) is 72.6. The predicted molar refractivity (Wildman–Crippen MR) is 303 cm³/mol. The molecular weight excluding hydrogens is 893 g/mol. The molecule has 1 N–H and O–H groups in total. The van der Waals surface area contributed by atoms with E-state index in [9.17, 15) is 5.11 Å². The number of para-hydroxylation sites is 2. The smallest absolute Gasteiger partial charge is 0.148 e. The van der Waals surface area contributed by atoms with Gasteiger partial charge in [0, 0.05) is 73.5 Å². The Labute approximate surface area is 425 Å². The summed E-state index contributed by atoms with van der Waals surface area (Å²) >= 11 is 0. The molecule has 0 fully saturated rings. The monoisotopic (exact) mass is 944 g/mol. The quantitative estimate of drug-likeness (QED) is 0.156. The van der Waals surface area contributed by atoms with Crippen LogP contribution in [0.2, 0.25) is 0 Å². The number of ether oxygens (including phenoxy) is 1. The molecule has 2 aliphatic rings. The molecule has 13 rings (SSSR count). The van der Waals surface area contributed by atoms with Crippen LogP contribution in [-0.4, -0.2) is 11.2 Å². The van der Waals surface area contributed by atoms with Crippen molar-refractivity contribution in [1.82, 2.24) is 0 Å². The maximum absolute atomic E-state index is 11.9.